The Morgan fingerprint density at radius 2 is 2.07 bits per heavy atom. The van der Waals surface area contributed by atoms with Crippen LogP contribution in [0.5, 0.6) is 0 Å². The summed E-state index contributed by atoms with van der Waals surface area (Å²) in [6.45, 7) is 5.46. The molecule has 0 amide bonds. The molecule has 1 aromatic rings. The predicted octanol–water partition coefficient (Wildman–Crippen LogP) is 3.04. The summed E-state index contributed by atoms with van der Waals surface area (Å²) < 4.78 is 11.6. The summed E-state index contributed by atoms with van der Waals surface area (Å²) in [6.07, 6.45) is 1.68. The van der Waals surface area contributed by atoms with Gasteiger partial charge in [0.05, 0.1) is 10.8 Å². The average molecular weight is 204 g/mol. The molecular formula is C12H12OS. The molecule has 0 fully saturated rings. The van der Waals surface area contributed by atoms with Gasteiger partial charge in [0.15, 0.2) is 0 Å². The number of rotatable bonds is 3. The maximum absolute atomic E-state index is 11.6. The molecule has 2 heteroatoms. The van der Waals surface area contributed by atoms with Gasteiger partial charge in [-0.05, 0) is 24.6 Å². The van der Waals surface area contributed by atoms with E-state index in [2.05, 4.69) is 12.3 Å². The van der Waals surface area contributed by atoms with Gasteiger partial charge in [0, 0.05) is 10.3 Å². The molecular weight excluding hydrogens is 192 g/mol. The fourth-order valence-electron chi connectivity index (χ4n) is 0.828. The Hall–Kier alpha value is -1.37. The van der Waals surface area contributed by atoms with E-state index in [9.17, 15) is 4.21 Å². The Labute approximate surface area is 86.9 Å². The largest absolute Gasteiger partial charge is 0.249 e. The van der Waals surface area contributed by atoms with Crippen molar-refractivity contribution in [2.24, 2.45) is 0 Å². The van der Waals surface area contributed by atoms with E-state index in [0.717, 1.165) is 10.5 Å². The molecule has 1 aromatic carbocycles. The van der Waals surface area contributed by atoms with Gasteiger partial charge < -0.3 is 0 Å². The molecule has 0 aliphatic rings. The third kappa shape index (κ3) is 3.17. The van der Waals surface area contributed by atoms with E-state index in [-0.39, 0.29) is 0 Å². The molecule has 0 bridgehead atoms. The van der Waals surface area contributed by atoms with Gasteiger partial charge in [-0.3, -0.25) is 0 Å². The minimum absolute atomic E-state index is 0.789. The topological polar surface area (TPSA) is 17.1 Å². The van der Waals surface area contributed by atoms with Gasteiger partial charge in [-0.25, -0.2) is 4.21 Å². The third-order valence-corrected chi connectivity index (χ3v) is 2.74. The highest BCUT2D eigenvalue weighted by atomic mass is 32.2. The van der Waals surface area contributed by atoms with Crippen molar-refractivity contribution in [3.8, 4) is 0 Å². The molecule has 1 atom stereocenters. The molecule has 0 aromatic heterocycles. The zero-order chi connectivity index (χ0) is 10.4. The number of benzene rings is 1. The highest BCUT2D eigenvalue weighted by molar-refractivity contribution is 7.88. The molecule has 0 spiro atoms. The van der Waals surface area contributed by atoms with Crippen molar-refractivity contribution < 1.29 is 4.21 Å². The first-order valence-electron chi connectivity index (χ1n) is 4.25. The first-order chi connectivity index (χ1) is 6.74. The average Bonchev–Trinajstić information content (AvgIpc) is 2.26. The highest BCUT2D eigenvalue weighted by Crippen LogP contribution is 2.06. The number of hydrogen-bond donors (Lipinski definition) is 0. The molecule has 72 valence electrons. The van der Waals surface area contributed by atoms with Crippen molar-refractivity contribution in [1.82, 2.24) is 0 Å². The van der Waals surface area contributed by atoms with E-state index in [1.165, 1.54) is 0 Å². The van der Waals surface area contributed by atoms with Crippen LogP contribution in [0.25, 0.3) is 0 Å². The SMILES string of the molecule is C=CC(C)=C=CS(=O)c1ccccc1. The lowest BCUT2D eigenvalue weighted by Gasteiger charge is -1.92. The molecule has 0 saturated heterocycles. The Kier molecular flexibility index (Phi) is 4.11. The zero-order valence-electron chi connectivity index (χ0n) is 8.07. The molecule has 0 aliphatic heterocycles. The van der Waals surface area contributed by atoms with Gasteiger partial charge in [-0.15, -0.1) is 5.73 Å². The lowest BCUT2D eigenvalue weighted by atomic mass is 10.3. The second-order valence-electron chi connectivity index (χ2n) is 2.76. The zero-order valence-corrected chi connectivity index (χ0v) is 8.88. The molecule has 1 unspecified atom stereocenters. The Bertz CT molecular complexity index is 398. The third-order valence-electron chi connectivity index (χ3n) is 1.68. The van der Waals surface area contributed by atoms with Crippen molar-refractivity contribution in [3.05, 3.63) is 59.7 Å². The summed E-state index contributed by atoms with van der Waals surface area (Å²) in [5.41, 5.74) is 3.79. The monoisotopic (exact) mass is 204 g/mol. The second kappa shape index (κ2) is 5.38. The summed E-state index contributed by atoms with van der Waals surface area (Å²) in [7, 11) is -1.11. The maximum atomic E-state index is 11.6. The van der Waals surface area contributed by atoms with E-state index >= 15 is 0 Å². The molecule has 0 radical (unpaired) electrons. The molecule has 0 N–H and O–H groups in total. The Morgan fingerprint density at radius 1 is 1.43 bits per heavy atom. The lowest BCUT2D eigenvalue weighted by Crippen LogP contribution is -1.83. The smallest absolute Gasteiger partial charge is 0.0854 e. The van der Waals surface area contributed by atoms with Crippen molar-refractivity contribution in [1.29, 1.82) is 0 Å². The van der Waals surface area contributed by atoms with Crippen LogP contribution >= 0.6 is 0 Å². The summed E-state index contributed by atoms with van der Waals surface area (Å²) in [4.78, 5) is 0.789. The lowest BCUT2D eigenvalue weighted by molar-refractivity contribution is 0.688. The van der Waals surface area contributed by atoms with Gasteiger partial charge in [-0.1, -0.05) is 30.9 Å². The minimum Gasteiger partial charge on any atom is -0.249 e. The van der Waals surface area contributed by atoms with Crippen molar-refractivity contribution in [3.63, 3.8) is 0 Å². The quantitative estimate of drug-likeness (QED) is 0.546. The summed E-state index contributed by atoms with van der Waals surface area (Å²) in [5, 5.41) is 1.55. The molecule has 1 nitrogen and oxygen atoms in total. The number of allylic oxidation sites excluding steroid dienone is 2. The van der Waals surface area contributed by atoms with Crippen LogP contribution in [0.2, 0.25) is 0 Å². The van der Waals surface area contributed by atoms with Crippen molar-refractivity contribution in [2.45, 2.75) is 11.8 Å². The predicted molar refractivity (Wildman–Crippen MR) is 60.3 cm³/mol. The van der Waals surface area contributed by atoms with Crippen LogP contribution in [-0.4, -0.2) is 4.21 Å². The van der Waals surface area contributed by atoms with Gasteiger partial charge >= 0.3 is 0 Å². The fraction of sp³-hybridized carbons (Fsp3) is 0.0833. The minimum atomic E-state index is -1.11. The van der Waals surface area contributed by atoms with Gasteiger partial charge in [-0.2, -0.15) is 0 Å². The van der Waals surface area contributed by atoms with Gasteiger partial charge in [0.25, 0.3) is 0 Å². The van der Waals surface area contributed by atoms with Crippen LogP contribution in [0.1, 0.15) is 6.92 Å². The van der Waals surface area contributed by atoms with Crippen LogP contribution in [0, 0.1) is 0 Å². The standard InChI is InChI=1S/C12H12OS/c1-3-11(2)9-10-14(13)12-7-5-4-6-8-12/h3-8,10H,1H2,2H3. The van der Waals surface area contributed by atoms with Gasteiger partial charge in [0.1, 0.15) is 0 Å². The van der Waals surface area contributed by atoms with E-state index in [4.69, 9.17) is 0 Å². The van der Waals surface area contributed by atoms with Crippen LogP contribution < -0.4 is 0 Å². The maximum Gasteiger partial charge on any atom is 0.0854 e. The van der Waals surface area contributed by atoms with Crippen LogP contribution in [-0.2, 0) is 10.8 Å². The summed E-state index contributed by atoms with van der Waals surface area (Å²) >= 11 is 0. The Balaban J connectivity index is 2.89. The second-order valence-corrected chi connectivity index (χ2v) is 4.06. The molecule has 14 heavy (non-hydrogen) atoms. The highest BCUT2D eigenvalue weighted by Gasteiger charge is 1.95. The van der Waals surface area contributed by atoms with Gasteiger partial charge in [0.2, 0.25) is 0 Å². The van der Waals surface area contributed by atoms with E-state index in [1.807, 2.05) is 37.3 Å². The van der Waals surface area contributed by atoms with E-state index < -0.39 is 10.8 Å². The van der Waals surface area contributed by atoms with E-state index in [1.54, 1.807) is 11.5 Å². The molecule has 0 saturated carbocycles. The van der Waals surface area contributed by atoms with E-state index in [0.29, 0.717) is 0 Å². The van der Waals surface area contributed by atoms with Crippen molar-refractivity contribution >= 4 is 10.8 Å². The fourth-order valence-corrected chi connectivity index (χ4v) is 1.68. The molecule has 0 aliphatic carbocycles. The molecule has 0 heterocycles. The first-order valence-corrected chi connectivity index (χ1v) is 5.47. The Morgan fingerprint density at radius 3 is 2.64 bits per heavy atom. The summed E-state index contributed by atoms with van der Waals surface area (Å²) in [5.74, 6) is 0. The number of hydrogen-bond acceptors (Lipinski definition) is 1. The normalized spacial score (nSPS) is 11.2. The summed E-state index contributed by atoms with van der Waals surface area (Å²) in [6, 6.07) is 9.29. The van der Waals surface area contributed by atoms with Crippen LogP contribution in [0.15, 0.2) is 64.6 Å². The van der Waals surface area contributed by atoms with Crippen molar-refractivity contribution in [2.75, 3.05) is 0 Å². The van der Waals surface area contributed by atoms with Crippen LogP contribution in [0.4, 0.5) is 0 Å². The molecule has 1 rings (SSSR count). The first kappa shape index (κ1) is 10.7. The van der Waals surface area contributed by atoms with Crippen LogP contribution in [0.3, 0.4) is 0 Å².